The number of aliphatic hydroxyl groups is 1. The van der Waals surface area contributed by atoms with E-state index in [9.17, 15) is 9.90 Å². The second kappa shape index (κ2) is 6.37. The van der Waals surface area contributed by atoms with Crippen LogP contribution in [0.15, 0.2) is 24.3 Å². The highest BCUT2D eigenvalue weighted by atomic mass is 16.4. The van der Waals surface area contributed by atoms with Gasteiger partial charge in [0.15, 0.2) is 0 Å². The minimum absolute atomic E-state index is 0.0969. The first-order chi connectivity index (χ1) is 8.00. The number of aliphatic hydroxyl groups excluding tert-OH is 1. The molecule has 1 rings (SSSR count). The van der Waals surface area contributed by atoms with Crippen molar-refractivity contribution < 1.29 is 15.0 Å². The summed E-state index contributed by atoms with van der Waals surface area (Å²) in [5, 5.41) is 21.1. The van der Waals surface area contributed by atoms with E-state index in [0.29, 0.717) is 0 Å². The van der Waals surface area contributed by atoms with E-state index in [-0.39, 0.29) is 19.0 Å². The van der Waals surface area contributed by atoms with Crippen molar-refractivity contribution in [3.05, 3.63) is 35.4 Å². The number of rotatable bonds is 6. The smallest absolute Gasteiger partial charge is 0.306 e. The van der Waals surface area contributed by atoms with Gasteiger partial charge in [0.2, 0.25) is 0 Å². The number of hydrogen-bond acceptors (Lipinski definition) is 3. The summed E-state index contributed by atoms with van der Waals surface area (Å²) >= 11 is 0. The Morgan fingerprint density at radius 1 is 1.41 bits per heavy atom. The van der Waals surface area contributed by atoms with Crippen LogP contribution in [0.1, 0.15) is 30.5 Å². The second-order valence-corrected chi connectivity index (χ2v) is 4.24. The molecule has 0 heterocycles. The van der Waals surface area contributed by atoms with E-state index < -0.39 is 12.1 Å². The lowest BCUT2D eigenvalue weighted by molar-refractivity contribution is -0.139. The summed E-state index contributed by atoms with van der Waals surface area (Å²) in [5.41, 5.74) is 2.34. The predicted octanol–water partition coefficient (Wildman–Crippen LogP) is 1.48. The highest BCUT2D eigenvalue weighted by Gasteiger charge is 2.12. The molecule has 0 aliphatic carbocycles. The minimum Gasteiger partial charge on any atom is -0.481 e. The van der Waals surface area contributed by atoms with Crippen LogP contribution in [0.3, 0.4) is 0 Å². The number of benzene rings is 1. The molecule has 0 amide bonds. The average molecular weight is 237 g/mol. The maximum Gasteiger partial charge on any atom is 0.306 e. The van der Waals surface area contributed by atoms with Gasteiger partial charge >= 0.3 is 5.97 Å². The lowest BCUT2D eigenvalue weighted by Gasteiger charge is -2.18. The third-order valence-electron chi connectivity index (χ3n) is 2.72. The van der Waals surface area contributed by atoms with Gasteiger partial charge < -0.3 is 15.5 Å². The molecule has 1 unspecified atom stereocenters. The number of carbonyl (C=O) groups is 1. The minimum atomic E-state index is -0.983. The van der Waals surface area contributed by atoms with Crippen molar-refractivity contribution in [1.29, 1.82) is 0 Å². The SMILES string of the molecule is Cc1ccccc1[C@@H](C)NCC(O)CC(=O)O. The zero-order chi connectivity index (χ0) is 12.8. The van der Waals surface area contributed by atoms with Crippen molar-refractivity contribution in [3.63, 3.8) is 0 Å². The maximum atomic E-state index is 10.4. The molecule has 0 saturated heterocycles. The molecule has 17 heavy (non-hydrogen) atoms. The fourth-order valence-corrected chi connectivity index (χ4v) is 1.77. The largest absolute Gasteiger partial charge is 0.481 e. The molecule has 2 atom stereocenters. The molecule has 0 aliphatic rings. The van der Waals surface area contributed by atoms with Crippen LogP contribution in [0, 0.1) is 6.92 Å². The van der Waals surface area contributed by atoms with Gasteiger partial charge in [0.1, 0.15) is 0 Å². The molecular weight excluding hydrogens is 218 g/mol. The fourth-order valence-electron chi connectivity index (χ4n) is 1.77. The second-order valence-electron chi connectivity index (χ2n) is 4.24. The van der Waals surface area contributed by atoms with Crippen LogP contribution in [0.2, 0.25) is 0 Å². The molecule has 0 fully saturated rings. The Kier molecular flexibility index (Phi) is 5.12. The molecule has 3 N–H and O–H groups in total. The van der Waals surface area contributed by atoms with Gasteiger partial charge in [-0.1, -0.05) is 24.3 Å². The van der Waals surface area contributed by atoms with Crippen LogP contribution in [-0.4, -0.2) is 28.8 Å². The summed E-state index contributed by atoms with van der Waals surface area (Å²) in [6.45, 7) is 4.30. The van der Waals surface area contributed by atoms with Crippen LogP contribution >= 0.6 is 0 Å². The van der Waals surface area contributed by atoms with E-state index in [2.05, 4.69) is 5.32 Å². The van der Waals surface area contributed by atoms with Crippen molar-refractivity contribution in [1.82, 2.24) is 5.32 Å². The Labute approximate surface area is 101 Å². The Morgan fingerprint density at radius 2 is 2.06 bits per heavy atom. The van der Waals surface area contributed by atoms with Crippen LogP contribution in [0.25, 0.3) is 0 Å². The number of aryl methyl sites for hydroxylation is 1. The molecular formula is C13H19NO3. The summed E-state index contributed by atoms with van der Waals surface area (Å²) in [5.74, 6) is -0.983. The van der Waals surface area contributed by atoms with Crippen molar-refractivity contribution in [3.8, 4) is 0 Å². The zero-order valence-corrected chi connectivity index (χ0v) is 10.2. The third-order valence-corrected chi connectivity index (χ3v) is 2.72. The highest BCUT2D eigenvalue weighted by molar-refractivity contribution is 5.67. The van der Waals surface area contributed by atoms with Gasteiger partial charge in [-0.25, -0.2) is 0 Å². The van der Waals surface area contributed by atoms with E-state index in [1.165, 1.54) is 5.56 Å². The van der Waals surface area contributed by atoms with E-state index in [0.717, 1.165) is 5.56 Å². The van der Waals surface area contributed by atoms with Crippen LogP contribution in [0.4, 0.5) is 0 Å². The maximum absolute atomic E-state index is 10.4. The van der Waals surface area contributed by atoms with Gasteiger partial charge in [-0.2, -0.15) is 0 Å². The van der Waals surface area contributed by atoms with Crippen molar-refractivity contribution in [2.75, 3.05) is 6.54 Å². The fraction of sp³-hybridized carbons (Fsp3) is 0.462. The van der Waals surface area contributed by atoms with Crippen molar-refractivity contribution >= 4 is 5.97 Å². The molecule has 94 valence electrons. The normalized spacial score (nSPS) is 14.3. The molecule has 0 bridgehead atoms. The first kappa shape index (κ1) is 13.7. The molecule has 0 spiro atoms. The summed E-state index contributed by atoms with van der Waals surface area (Å²) in [6.07, 6.45) is -1.08. The van der Waals surface area contributed by atoms with Gasteiger partial charge in [0.25, 0.3) is 0 Å². The van der Waals surface area contributed by atoms with Crippen molar-refractivity contribution in [2.24, 2.45) is 0 Å². The summed E-state index contributed by atoms with van der Waals surface area (Å²) in [4.78, 5) is 10.4. The highest BCUT2D eigenvalue weighted by Crippen LogP contribution is 2.16. The average Bonchev–Trinajstić information content (AvgIpc) is 2.25. The standard InChI is InChI=1S/C13H19NO3/c1-9-5-3-4-6-12(9)10(2)14-8-11(15)7-13(16)17/h3-6,10-11,14-15H,7-8H2,1-2H3,(H,16,17)/t10-,11?/m1/s1. The van der Waals surface area contributed by atoms with E-state index in [4.69, 9.17) is 5.11 Å². The number of aliphatic carboxylic acids is 1. The lowest BCUT2D eigenvalue weighted by Crippen LogP contribution is -2.30. The number of carboxylic acids is 1. The van der Waals surface area contributed by atoms with Gasteiger partial charge in [0.05, 0.1) is 12.5 Å². The predicted molar refractivity (Wildman–Crippen MR) is 65.9 cm³/mol. The van der Waals surface area contributed by atoms with Gasteiger partial charge in [0, 0.05) is 12.6 Å². The van der Waals surface area contributed by atoms with Crippen molar-refractivity contribution in [2.45, 2.75) is 32.4 Å². The number of hydrogen-bond donors (Lipinski definition) is 3. The van der Waals surface area contributed by atoms with Crippen LogP contribution in [-0.2, 0) is 4.79 Å². The van der Waals surface area contributed by atoms with E-state index >= 15 is 0 Å². The quantitative estimate of drug-likeness (QED) is 0.701. The summed E-state index contributed by atoms with van der Waals surface area (Å²) < 4.78 is 0. The molecule has 0 saturated carbocycles. The van der Waals surface area contributed by atoms with Crippen LogP contribution < -0.4 is 5.32 Å². The van der Waals surface area contributed by atoms with E-state index in [1.54, 1.807) is 0 Å². The third kappa shape index (κ3) is 4.54. The Balaban J connectivity index is 2.47. The molecule has 0 aliphatic heterocycles. The first-order valence-corrected chi connectivity index (χ1v) is 5.69. The molecule has 0 aromatic heterocycles. The van der Waals surface area contributed by atoms with Gasteiger partial charge in [-0.3, -0.25) is 4.79 Å². The molecule has 4 nitrogen and oxygen atoms in total. The Morgan fingerprint density at radius 3 is 2.65 bits per heavy atom. The molecule has 1 aromatic carbocycles. The van der Waals surface area contributed by atoms with Gasteiger partial charge in [-0.05, 0) is 25.0 Å². The number of nitrogens with one attached hydrogen (secondary N) is 1. The molecule has 4 heteroatoms. The lowest BCUT2D eigenvalue weighted by atomic mass is 10.0. The number of carboxylic acid groups (broad SMARTS) is 1. The zero-order valence-electron chi connectivity index (χ0n) is 10.2. The van der Waals surface area contributed by atoms with Gasteiger partial charge in [-0.15, -0.1) is 0 Å². The molecule has 1 aromatic rings. The van der Waals surface area contributed by atoms with E-state index in [1.807, 2.05) is 38.1 Å². The topological polar surface area (TPSA) is 69.6 Å². The monoisotopic (exact) mass is 237 g/mol. The summed E-state index contributed by atoms with van der Waals surface area (Å²) in [7, 11) is 0. The summed E-state index contributed by atoms with van der Waals surface area (Å²) in [6, 6.07) is 8.09. The first-order valence-electron chi connectivity index (χ1n) is 5.69. The molecule has 0 radical (unpaired) electrons. The van der Waals surface area contributed by atoms with Crippen LogP contribution in [0.5, 0.6) is 0 Å². The Bertz CT molecular complexity index is 379. The Hall–Kier alpha value is -1.39.